The van der Waals surface area contributed by atoms with E-state index in [0.717, 1.165) is 24.9 Å². The van der Waals surface area contributed by atoms with E-state index in [4.69, 9.17) is 0 Å². The van der Waals surface area contributed by atoms with Gasteiger partial charge in [-0.15, -0.1) is 0 Å². The topological polar surface area (TPSA) is 61.0 Å². The number of carbonyl (C=O) groups is 1. The summed E-state index contributed by atoms with van der Waals surface area (Å²) in [6.07, 6.45) is 5.96. The molecule has 5 heteroatoms. The Balaban J connectivity index is 1.49. The molecule has 2 aromatic heterocycles. The molecule has 2 heterocycles. The lowest BCUT2D eigenvalue weighted by molar-refractivity contribution is -0.121. The number of nitrogens with one attached hydrogen (secondary N) is 2. The Kier molecular flexibility index (Phi) is 4.24. The standard InChI is InChI=1S/C20H22N4O/c1-14(20(25)23-19-4-2-3-10-22-19)24(17-6-7-17)13-15-5-8-18-16(12-15)9-11-21-18/h2-5,8-12,14,17,21H,6-7,13H2,1H3,(H,22,23,25)/t14-/m1/s1. The number of benzene rings is 1. The Morgan fingerprint density at radius 3 is 2.96 bits per heavy atom. The quantitative estimate of drug-likeness (QED) is 0.725. The van der Waals surface area contributed by atoms with Crippen LogP contribution >= 0.6 is 0 Å². The van der Waals surface area contributed by atoms with Gasteiger partial charge < -0.3 is 10.3 Å². The van der Waals surface area contributed by atoms with Crippen molar-refractivity contribution in [3.63, 3.8) is 0 Å². The fourth-order valence-electron chi connectivity index (χ4n) is 3.22. The third kappa shape index (κ3) is 3.56. The average molecular weight is 334 g/mol. The van der Waals surface area contributed by atoms with Crippen LogP contribution < -0.4 is 5.32 Å². The molecule has 1 amide bonds. The molecule has 128 valence electrons. The van der Waals surface area contributed by atoms with Crippen LogP contribution in [0.5, 0.6) is 0 Å². The molecule has 0 bridgehead atoms. The van der Waals surface area contributed by atoms with Crippen LogP contribution in [0, 0.1) is 0 Å². The Labute approximate surface area is 147 Å². The molecule has 1 aliphatic carbocycles. The third-order valence-corrected chi connectivity index (χ3v) is 4.79. The van der Waals surface area contributed by atoms with Gasteiger partial charge in [0.15, 0.2) is 0 Å². The zero-order valence-electron chi connectivity index (χ0n) is 14.3. The van der Waals surface area contributed by atoms with Crippen molar-refractivity contribution in [2.45, 2.75) is 38.4 Å². The highest BCUT2D eigenvalue weighted by molar-refractivity contribution is 5.93. The van der Waals surface area contributed by atoms with E-state index in [1.807, 2.05) is 31.3 Å². The van der Waals surface area contributed by atoms with Gasteiger partial charge >= 0.3 is 0 Å². The summed E-state index contributed by atoms with van der Waals surface area (Å²) in [4.78, 5) is 22.3. The van der Waals surface area contributed by atoms with Crippen LogP contribution in [0.3, 0.4) is 0 Å². The first-order valence-corrected chi connectivity index (χ1v) is 8.74. The largest absolute Gasteiger partial charge is 0.361 e. The van der Waals surface area contributed by atoms with E-state index in [-0.39, 0.29) is 11.9 Å². The Morgan fingerprint density at radius 2 is 2.20 bits per heavy atom. The second kappa shape index (κ2) is 6.69. The molecule has 0 saturated heterocycles. The van der Waals surface area contributed by atoms with Crippen molar-refractivity contribution in [3.05, 3.63) is 60.4 Å². The summed E-state index contributed by atoms with van der Waals surface area (Å²) >= 11 is 0. The predicted molar refractivity (Wildman–Crippen MR) is 99.2 cm³/mol. The fourth-order valence-corrected chi connectivity index (χ4v) is 3.22. The number of pyridine rings is 1. The molecular weight excluding hydrogens is 312 g/mol. The van der Waals surface area contributed by atoms with E-state index in [9.17, 15) is 4.79 Å². The van der Waals surface area contributed by atoms with Gasteiger partial charge in [-0.1, -0.05) is 12.1 Å². The third-order valence-electron chi connectivity index (χ3n) is 4.79. The highest BCUT2D eigenvalue weighted by Gasteiger charge is 2.35. The van der Waals surface area contributed by atoms with Gasteiger partial charge in [0, 0.05) is 30.5 Å². The SMILES string of the molecule is C[C@H](C(=O)Nc1ccccn1)N(Cc1ccc2[nH]ccc2c1)C1CC1. The molecule has 1 atom stereocenters. The molecule has 25 heavy (non-hydrogen) atoms. The van der Waals surface area contributed by atoms with Crippen LogP contribution in [0.2, 0.25) is 0 Å². The molecule has 0 radical (unpaired) electrons. The second-order valence-corrected chi connectivity index (χ2v) is 6.68. The smallest absolute Gasteiger partial charge is 0.242 e. The number of rotatable bonds is 6. The number of hydrogen-bond acceptors (Lipinski definition) is 3. The van der Waals surface area contributed by atoms with Gasteiger partial charge in [0.05, 0.1) is 6.04 Å². The molecule has 1 fully saturated rings. The number of anilines is 1. The van der Waals surface area contributed by atoms with E-state index >= 15 is 0 Å². The van der Waals surface area contributed by atoms with Crippen LogP contribution in [-0.4, -0.2) is 32.9 Å². The van der Waals surface area contributed by atoms with Crippen LogP contribution in [0.25, 0.3) is 10.9 Å². The van der Waals surface area contributed by atoms with Gasteiger partial charge in [0.25, 0.3) is 0 Å². The number of hydrogen-bond donors (Lipinski definition) is 2. The van der Waals surface area contributed by atoms with Crippen LogP contribution in [0.15, 0.2) is 54.9 Å². The number of aromatic amines is 1. The minimum atomic E-state index is -0.198. The summed E-state index contributed by atoms with van der Waals surface area (Å²) in [7, 11) is 0. The first-order chi connectivity index (χ1) is 12.2. The average Bonchev–Trinajstić information content (AvgIpc) is 3.37. The minimum Gasteiger partial charge on any atom is -0.361 e. The molecule has 4 rings (SSSR count). The van der Waals surface area contributed by atoms with Gasteiger partial charge in [-0.2, -0.15) is 0 Å². The molecule has 0 unspecified atom stereocenters. The minimum absolute atomic E-state index is 0.00618. The van der Waals surface area contributed by atoms with Gasteiger partial charge in [-0.25, -0.2) is 4.98 Å². The zero-order valence-corrected chi connectivity index (χ0v) is 14.3. The molecule has 3 aromatic rings. The maximum absolute atomic E-state index is 12.6. The lowest BCUT2D eigenvalue weighted by atomic mass is 10.1. The lowest BCUT2D eigenvalue weighted by Crippen LogP contribution is -2.43. The summed E-state index contributed by atoms with van der Waals surface area (Å²) in [6.45, 7) is 2.76. The van der Waals surface area contributed by atoms with Crippen molar-refractivity contribution < 1.29 is 4.79 Å². The number of aromatic nitrogens is 2. The van der Waals surface area contributed by atoms with Gasteiger partial charge in [0.2, 0.25) is 5.91 Å². The normalized spacial score (nSPS) is 15.4. The van der Waals surface area contributed by atoms with E-state index in [0.29, 0.717) is 11.9 Å². The van der Waals surface area contributed by atoms with Crippen molar-refractivity contribution in [2.24, 2.45) is 0 Å². The van der Waals surface area contributed by atoms with Crippen LogP contribution in [0.1, 0.15) is 25.3 Å². The van der Waals surface area contributed by atoms with Crippen molar-refractivity contribution in [1.29, 1.82) is 0 Å². The molecule has 0 spiro atoms. The van der Waals surface area contributed by atoms with Gasteiger partial charge in [0.1, 0.15) is 5.82 Å². The molecule has 5 nitrogen and oxygen atoms in total. The maximum atomic E-state index is 12.6. The van der Waals surface area contributed by atoms with Crippen molar-refractivity contribution in [2.75, 3.05) is 5.32 Å². The number of carbonyl (C=O) groups excluding carboxylic acids is 1. The number of nitrogens with zero attached hydrogens (tertiary/aromatic N) is 2. The molecule has 2 N–H and O–H groups in total. The fraction of sp³-hybridized carbons (Fsp3) is 0.300. The highest BCUT2D eigenvalue weighted by atomic mass is 16.2. The zero-order chi connectivity index (χ0) is 17.2. The van der Waals surface area contributed by atoms with E-state index in [1.165, 1.54) is 10.9 Å². The highest BCUT2D eigenvalue weighted by Crippen LogP contribution is 2.31. The first-order valence-electron chi connectivity index (χ1n) is 8.74. The van der Waals surface area contributed by atoms with E-state index in [1.54, 1.807) is 6.20 Å². The van der Waals surface area contributed by atoms with Crippen molar-refractivity contribution in [1.82, 2.24) is 14.9 Å². The summed E-state index contributed by atoms with van der Waals surface area (Å²) in [5, 5.41) is 4.13. The first kappa shape index (κ1) is 15.8. The number of H-pyrrole nitrogens is 1. The Morgan fingerprint density at radius 1 is 1.32 bits per heavy atom. The Bertz CT molecular complexity index is 870. The van der Waals surface area contributed by atoms with Crippen molar-refractivity contribution in [3.8, 4) is 0 Å². The summed E-state index contributed by atoms with van der Waals surface area (Å²) < 4.78 is 0. The summed E-state index contributed by atoms with van der Waals surface area (Å²) in [5.41, 5.74) is 2.37. The monoisotopic (exact) mass is 334 g/mol. The lowest BCUT2D eigenvalue weighted by Gasteiger charge is -2.28. The predicted octanol–water partition coefficient (Wildman–Crippen LogP) is 3.55. The van der Waals surface area contributed by atoms with E-state index in [2.05, 4.69) is 44.5 Å². The Hall–Kier alpha value is -2.66. The molecule has 0 aliphatic heterocycles. The number of fused-ring (bicyclic) bond motifs is 1. The molecule has 1 aromatic carbocycles. The summed E-state index contributed by atoms with van der Waals surface area (Å²) in [5.74, 6) is 0.595. The molecular formula is C20H22N4O. The second-order valence-electron chi connectivity index (χ2n) is 6.68. The summed E-state index contributed by atoms with van der Waals surface area (Å²) in [6, 6.07) is 14.3. The van der Waals surface area contributed by atoms with E-state index < -0.39 is 0 Å². The molecule has 1 aliphatic rings. The number of amides is 1. The maximum Gasteiger partial charge on any atom is 0.242 e. The van der Waals surface area contributed by atoms with Crippen LogP contribution in [-0.2, 0) is 11.3 Å². The molecule has 1 saturated carbocycles. The van der Waals surface area contributed by atoms with Crippen LogP contribution in [0.4, 0.5) is 5.82 Å². The van der Waals surface area contributed by atoms with Crippen molar-refractivity contribution >= 4 is 22.6 Å². The van der Waals surface area contributed by atoms with Gasteiger partial charge in [-0.05, 0) is 61.0 Å². The van der Waals surface area contributed by atoms with Gasteiger partial charge in [-0.3, -0.25) is 9.69 Å².